The molecule has 19 heavy (non-hydrogen) atoms. The number of hydrogen-bond donors (Lipinski definition) is 2. The number of fused-ring (bicyclic) bond motifs is 3. The average molecular weight is 264 g/mol. The van der Waals surface area contributed by atoms with Crippen molar-refractivity contribution >= 4 is 5.97 Å². The zero-order valence-electron chi connectivity index (χ0n) is 11.1. The summed E-state index contributed by atoms with van der Waals surface area (Å²) in [5.41, 5.74) is 0.396. The molecule has 1 saturated heterocycles. The molecule has 0 aromatic rings. The Balaban J connectivity index is 2.06. The van der Waals surface area contributed by atoms with Crippen molar-refractivity contribution in [2.45, 2.75) is 44.0 Å². The van der Waals surface area contributed by atoms with Gasteiger partial charge in [-0.05, 0) is 32.1 Å². The summed E-state index contributed by atoms with van der Waals surface area (Å²) in [7, 11) is 0. The van der Waals surface area contributed by atoms with Gasteiger partial charge in [0.15, 0.2) is 0 Å². The number of aliphatic hydroxyl groups excluding tert-OH is 1. The second-order valence-corrected chi connectivity index (χ2v) is 6.38. The van der Waals surface area contributed by atoms with Gasteiger partial charge < -0.3 is 14.9 Å². The van der Waals surface area contributed by atoms with Crippen LogP contribution in [-0.2, 0) is 9.53 Å². The number of hydrogen-bond acceptors (Lipinski definition) is 4. The van der Waals surface area contributed by atoms with Gasteiger partial charge in [0.2, 0.25) is 0 Å². The van der Waals surface area contributed by atoms with Gasteiger partial charge in [-0.2, -0.15) is 0 Å². The SMILES string of the molecule is C=C1C(=O)O[C@H]2[C@H]1[C@H](O)CC(=C)[C@@H]1CC[C@@](C)(O)[C@H]21. The van der Waals surface area contributed by atoms with Gasteiger partial charge in [-0.15, -0.1) is 0 Å². The smallest absolute Gasteiger partial charge is 0.334 e. The number of rotatable bonds is 0. The van der Waals surface area contributed by atoms with Crippen LogP contribution in [0.15, 0.2) is 24.3 Å². The number of carbonyl (C=O) groups excluding carboxylic acids is 1. The first-order valence-electron chi connectivity index (χ1n) is 6.81. The van der Waals surface area contributed by atoms with Gasteiger partial charge in [-0.1, -0.05) is 18.7 Å². The van der Waals surface area contributed by atoms with Crippen molar-refractivity contribution in [2.24, 2.45) is 17.8 Å². The Labute approximate surface area is 112 Å². The van der Waals surface area contributed by atoms with Crippen molar-refractivity contribution in [3.63, 3.8) is 0 Å². The zero-order valence-corrected chi connectivity index (χ0v) is 11.1. The van der Waals surface area contributed by atoms with Crippen LogP contribution in [0.5, 0.6) is 0 Å². The molecule has 2 aliphatic carbocycles. The fraction of sp³-hybridized carbons (Fsp3) is 0.667. The summed E-state index contributed by atoms with van der Waals surface area (Å²) in [5.74, 6) is -0.935. The Bertz CT molecular complexity index is 465. The molecule has 0 bridgehead atoms. The number of carbonyl (C=O) groups is 1. The summed E-state index contributed by atoms with van der Waals surface area (Å²) < 4.78 is 5.43. The van der Waals surface area contributed by atoms with E-state index >= 15 is 0 Å². The fourth-order valence-corrected chi connectivity index (χ4v) is 4.17. The van der Waals surface area contributed by atoms with Crippen molar-refractivity contribution < 1.29 is 19.7 Å². The molecular weight excluding hydrogens is 244 g/mol. The maximum atomic E-state index is 11.7. The number of ether oxygens (including phenoxy) is 1. The molecule has 104 valence electrons. The van der Waals surface area contributed by atoms with Crippen LogP contribution in [0.2, 0.25) is 0 Å². The Morgan fingerprint density at radius 1 is 1.42 bits per heavy atom. The van der Waals surface area contributed by atoms with Crippen LogP contribution in [0.1, 0.15) is 26.2 Å². The van der Waals surface area contributed by atoms with Crippen LogP contribution in [0.3, 0.4) is 0 Å². The lowest BCUT2D eigenvalue weighted by molar-refractivity contribution is -0.147. The lowest BCUT2D eigenvalue weighted by Gasteiger charge is -2.34. The molecular formula is C15H20O4. The van der Waals surface area contributed by atoms with E-state index in [4.69, 9.17) is 4.74 Å². The van der Waals surface area contributed by atoms with E-state index in [0.29, 0.717) is 18.4 Å². The average Bonchev–Trinajstić information content (AvgIpc) is 2.72. The predicted octanol–water partition coefficient (Wildman–Crippen LogP) is 1.18. The van der Waals surface area contributed by atoms with Crippen molar-refractivity contribution in [3.8, 4) is 0 Å². The van der Waals surface area contributed by atoms with Crippen LogP contribution in [0.4, 0.5) is 0 Å². The van der Waals surface area contributed by atoms with Crippen LogP contribution in [0, 0.1) is 17.8 Å². The monoisotopic (exact) mass is 264 g/mol. The minimum absolute atomic E-state index is 0.110. The quantitative estimate of drug-likeness (QED) is 0.392. The highest BCUT2D eigenvalue weighted by Crippen LogP contribution is 2.53. The molecule has 0 aromatic heterocycles. The van der Waals surface area contributed by atoms with Gasteiger partial charge >= 0.3 is 5.97 Å². The molecule has 1 aliphatic heterocycles. The Kier molecular flexibility index (Phi) is 2.67. The second-order valence-electron chi connectivity index (χ2n) is 6.38. The number of aliphatic hydroxyl groups is 2. The molecule has 2 saturated carbocycles. The molecule has 3 aliphatic rings. The van der Waals surface area contributed by atoms with Gasteiger partial charge in [-0.3, -0.25) is 0 Å². The first kappa shape index (κ1) is 12.9. The van der Waals surface area contributed by atoms with E-state index in [9.17, 15) is 15.0 Å². The Morgan fingerprint density at radius 3 is 2.79 bits per heavy atom. The van der Waals surface area contributed by atoms with Crippen LogP contribution < -0.4 is 0 Å². The molecule has 0 radical (unpaired) electrons. The zero-order chi connectivity index (χ0) is 13.9. The van der Waals surface area contributed by atoms with E-state index in [2.05, 4.69) is 13.2 Å². The lowest BCUT2D eigenvalue weighted by atomic mass is 9.77. The number of esters is 1. The maximum Gasteiger partial charge on any atom is 0.334 e. The molecule has 6 atom stereocenters. The normalized spacial score (nSPS) is 49.6. The third kappa shape index (κ3) is 1.70. The van der Waals surface area contributed by atoms with Crippen LogP contribution in [-0.4, -0.2) is 34.0 Å². The Morgan fingerprint density at radius 2 is 2.11 bits per heavy atom. The molecule has 0 aromatic carbocycles. The van der Waals surface area contributed by atoms with Gasteiger partial charge in [0.05, 0.1) is 17.6 Å². The summed E-state index contributed by atoms with van der Waals surface area (Å²) in [6.07, 6.45) is 0.782. The second kappa shape index (κ2) is 3.93. The molecule has 0 spiro atoms. The van der Waals surface area contributed by atoms with Crippen molar-refractivity contribution in [2.75, 3.05) is 0 Å². The summed E-state index contributed by atoms with van der Waals surface area (Å²) in [5, 5.41) is 20.9. The molecule has 0 amide bonds. The predicted molar refractivity (Wildman–Crippen MR) is 69.1 cm³/mol. The molecule has 1 heterocycles. The highest BCUT2D eigenvalue weighted by Gasteiger charge is 2.58. The van der Waals surface area contributed by atoms with Gasteiger partial charge in [-0.25, -0.2) is 4.79 Å². The van der Waals surface area contributed by atoms with E-state index in [1.54, 1.807) is 6.92 Å². The van der Waals surface area contributed by atoms with Crippen LogP contribution in [0.25, 0.3) is 0 Å². The first-order chi connectivity index (χ1) is 8.83. The standard InChI is InChI=1S/C15H20O4/c1-7-6-10(16)11-8(2)14(17)19-13(11)12-9(7)4-5-15(12,3)18/h9-13,16,18H,1-2,4-6H2,3H3/t9-,10+,11+,12-,13-,15+/m0/s1. The summed E-state index contributed by atoms with van der Waals surface area (Å²) >= 11 is 0. The first-order valence-corrected chi connectivity index (χ1v) is 6.81. The molecule has 4 nitrogen and oxygen atoms in total. The van der Waals surface area contributed by atoms with Crippen molar-refractivity contribution in [1.29, 1.82) is 0 Å². The molecule has 0 unspecified atom stereocenters. The van der Waals surface area contributed by atoms with E-state index < -0.39 is 29.7 Å². The molecule has 3 rings (SSSR count). The van der Waals surface area contributed by atoms with Crippen molar-refractivity contribution in [3.05, 3.63) is 24.3 Å². The Hall–Kier alpha value is -1.13. The van der Waals surface area contributed by atoms with Crippen molar-refractivity contribution in [1.82, 2.24) is 0 Å². The van der Waals surface area contributed by atoms with Crippen LogP contribution >= 0.6 is 0 Å². The highest BCUT2D eigenvalue weighted by molar-refractivity contribution is 5.91. The third-order valence-corrected chi connectivity index (χ3v) is 5.14. The van der Waals surface area contributed by atoms with E-state index in [1.165, 1.54) is 0 Å². The van der Waals surface area contributed by atoms with E-state index in [1.807, 2.05) is 0 Å². The minimum atomic E-state index is -0.883. The summed E-state index contributed by atoms with van der Waals surface area (Å²) in [6.45, 7) is 9.60. The van der Waals surface area contributed by atoms with E-state index in [0.717, 1.165) is 12.0 Å². The minimum Gasteiger partial charge on any atom is -0.458 e. The van der Waals surface area contributed by atoms with Gasteiger partial charge in [0.25, 0.3) is 0 Å². The molecule has 2 N–H and O–H groups in total. The van der Waals surface area contributed by atoms with Gasteiger partial charge in [0.1, 0.15) is 6.10 Å². The highest BCUT2D eigenvalue weighted by atomic mass is 16.6. The largest absolute Gasteiger partial charge is 0.458 e. The lowest BCUT2D eigenvalue weighted by Crippen LogP contribution is -2.43. The molecule has 4 heteroatoms. The third-order valence-electron chi connectivity index (χ3n) is 5.14. The van der Waals surface area contributed by atoms with E-state index in [-0.39, 0.29) is 11.8 Å². The van der Waals surface area contributed by atoms with Gasteiger partial charge in [0, 0.05) is 11.5 Å². The maximum absolute atomic E-state index is 11.7. The topological polar surface area (TPSA) is 66.8 Å². The summed E-state index contributed by atoms with van der Waals surface area (Å²) in [6, 6.07) is 0. The fourth-order valence-electron chi connectivity index (χ4n) is 4.17. The summed E-state index contributed by atoms with van der Waals surface area (Å²) in [4.78, 5) is 11.7. The molecule has 3 fully saturated rings.